The highest BCUT2D eigenvalue weighted by atomic mass is 79.9. The van der Waals surface area contributed by atoms with E-state index in [9.17, 15) is 31.5 Å². The zero-order chi connectivity index (χ0) is 46.2. The molecular weight excluding hydrogens is 890 g/mol. The summed E-state index contributed by atoms with van der Waals surface area (Å²) in [4.78, 5) is 36.4. The largest absolute Gasteiger partial charge is 0.488 e. The van der Waals surface area contributed by atoms with E-state index in [1.165, 1.54) is 18.3 Å². The van der Waals surface area contributed by atoms with Crippen molar-refractivity contribution in [2.45, 2.75) is 140 Å². The summed E-state index contributed by atoms with van der Waals surface area (Å²) in [6, 6.07) is 15.2. The Hall–Kier alpha value is -4.61. The number of hydrogen-bond donors (Lipinski definition) is 2. The van der Waals surface area contributed by atoms with Crippen LogP contribution in [0.2, 0.25) is 0 Å². The van der Waals surface area contributed by atoms with E-state index in [0.29, 0.717) is 15.5 Å². The second-order valence-electron chi connectivity index (χ2n) is 18.6. The molecule has 0 saturated carbocycles. The van der Waals surface area contributed by atoms with E-state index in [1.54, 1.807) is 35.4 Å². The van der Waals surface area contributed by atoms with E-state index in [4.69, 9.17) is 19.5 Å². The second-order valence-corrected chi connectivity index (χ2v) is 19.4. The highest BCUT2D eigenvalue weighted by Crippen LogP contribution is 2.49. The van der Waals surface area contributed by atoms with Crippen LogP contribution in [0.3, 0.4) is 0 Å². The van der Waals surface area contributed by atoms with Gasteiger partial charge in [-0.15, -0.1) is 0 Å². The topological polar surface area (TPSA) is 125 Å². The third-order valence-electron chi connectivity index (χ3n) is 11.7. The maximum atomic E-state index is 14.4. The number of hydrogen-bond acceptors (Lipinski definition) is 8. The molecule has 63 heavy (non-hydrogen) atoms. The molecule has 4 saturated heterocycles. The Kier molecular flexibility index (Phi) is 14.3. The van der Waals surface area contributed by atoms with Crippen LogP contribution in [0.5, 0.6) is 0 Å². The summed E-state index contributed by atoms with van der Waals surface area (Å²) in [5.74, 6) is -1.06. The Labute approximate surface area is 373 Å². The number of carbonyl (C=O) groups is 2. The lowest BCUT2D eigenvalue weighted by molar-refractivity contribution is -0.137. The van der Waals surface area contributed by atoms with Crippen LogP contribution in [-0.2, 0) is 15.7 Å². The Morgan fingerprint density at radius 3 is 1.60 bits per heavy atom. The first-order valence-corrected chi connectivity index (χ1v) is 21.8. The van der Waals surface area contributed by atoms with Crippen LogP contribution in [0, 0.1) is 18.8 Å². The fourth-order valence-electron chi connectivity index (χ4n) is 8.98. The smallest absolute Gasteiger partial charge is 0.444 e. The highest BCUT2D eigenvalue weighted by Gasteiger charge is 2.51. The van der Waals surface area contributed by atoms with Crippen LogP contribution >= 0.6 is 15.9 Å². The fraction of sp³-hybridized carbons (Fsp3) is 0.478. The quantitative estimate of drug-likeness (QED) is 0.118. The van der Waals surface area contributed by atoms with E-state index in [2.05, 4.69) is 25.9 Å². The molecule has 0 spiro atoms. The van der Waals surface area contributed by atoms with Crippen molar-refractivity contribution >= 4 is 40.7 Å². The number of rotatable bonds is 4. The fourth-order valence-corrected chi connectivity index (χ4v) is 9.34. The van der Waals surface area contributed by atoms with Crippen LogP contribution in [-0.4, -0.2) is 84.5 Å². The Balaban J connectivity index is 0.000000178. The number of nitrogens with zero attached hydrogens (tertiary/aromatic N) is 4. The summed E-state index contributed by atoms with van der Waals surface area (Å²) in [6.07, 6.45) is 3.30. The number of ether oxygens (including phenoxy) is 2. The van der Waals surface area contributed by atoms with Crippen molar-refractivity contribution in [1.82, 2.24) is 19.8 Å². The van der Waals surface area contributed by atoms with Gasteiger partial charge in [0.1, 0.15) is 11.2 Å². The van der Waals surface area contributed by atoms with Gasteiger partial charge in [-0.2, -0.15) is 22.0 Å². The molecular formula is C46H53BBrF5N4O6. The summed E-state index contributed by atoms with van der Waals surface area (Å²) in [6.45, 7) is 13.0. The molecule has 4 aliphatic rings. The summed E-state index contributed by atoms with van der Waals surface area (Å²) < 4.78 is 77.7. The molecule has 0 radical (unpaired) electrons. The van der Waals surface area contributed by atoms with Crippen LogP contribution in [0.25, 0.3) is 11.1 Å². The van der Waals surface area contributed by atoms with Crippen LogP contribution in [0.1, 0.15) is 114 Å². The minimum Gasteiger partial charge on any atom is -0.444 e. The minimum atomic E-state index is -4.45. The van der Waals surface area contributed by atoms with Crippen molar-refractivity contribution < 1.29 is 51.1 Å². The van der Waals surface area contributed by atoms with Gasteiger partial charge in [0.05, 0.1) is 10.0 Å². The molecule has 2 amide bonds. The SMILES string of the molecule is CC(C)(C)OC(=O)N1C2CCC1C(c1cnc(F)c(-c3ccc(C(F)(F)F)cc3)c1)C2.CC(C)(C)OC(=O)N1C2CCC1C(c1cnc(F)c(Br)c1)C2.Cc1ccc(B(O)O)cc1. The van der Waals surface area contributed by atoms with E-state index in [-0.39, 0.29) is 53.8 Å². The third kappa shape index (κ3) is 11.6. The van der Waals surface area contributed by atoms with E-state index >= 15 is 0 Å². The van der Waals surface area contributed by atoms with Crippen LogP contribution in [0.4, 0.5) is 31.5 Å². The minimum absolute atomic E-state index is 0.0208. The number of aryl methyl sites for hydroxylation is 1. The summed E-state index contributed by atoms with van der Waals surface area (Å²) in [5, 5.41) is 17.3. The molecule has 2 aromatic carbocycles. The number of benzene rings is 2. The van der Waals surface area contributed by atoms with Crippen molar-refractivity contribution in [2.75, 3.05) is 0 Å². The number of aromatic nitrogens is 2. The van der Waals surface area contributed by atoms with Gasteiger partial charge in [0, 0.05) is 54.0 Å². The summed E-state index contributed by atoms with van der Waals surface area (Å²) in [5.41, 5.74) is 2.00. The number of pyridine rings is 2. The van der Waals surface area contributed by atoms with E-state index in [0.717, 1.165) is 67.3 Å². The molecule has 10 nitrogen and oxygen atoms in total. The average Bonchev–Trinajstić information content (AvgIpc) is 3.98. The van der Waals surface area contributed by atoms with Crippen molar-refractivity contribution in [3.05, 3.63) is 112 Å². The monoisotopic (exact) mass is 942 g/mol. The molecule has 4 bridgehead atoms. The Morgan fingerprint density at radius 1 is 0.714 bits per heavy atom. The molecule has 4 aliphatic heterocycles. The van der Waals surface area contributed by atoms with Crippen molar-refractivity contribution in [1.29, 1.82) is 0 Å². The van der Waals surface area contributed by atoms with Gasteiger partial charge in [-0.3, -0.25) is 0 Å². The molecule has 0 aliphatic carbocycles. The maximum absolute atomic E-state index is 14.4. The zero-order valence-electron chi connectivity index (χ0n) is 36.3. The van der Waals surface area contributed by atoms with Gasteiger partial charge >= 0.3 is 25.5 Å². The molecule has 2 aromatic heterocycles. The predicted octanol–water partition coefficient (Wildman–Crippen LogP) is 10.1. The third-order valence-corrected chi connectivity index (χ3v) is 12.3. The second kappa shape index (κ2) is 18.9. The van der Waals surface area contributed by atoms with Crippen LogP contribution < -0.4 is 5.46 Å². The predicted molar refractivity (Wildman–Crippen MR) is 232 cm³/mol. The van der Waals surface area contributed by atoms with Crippen molar-refractivity contribution in [3.8, 4) is 11.1 Å². The van der Waals surface area contributed by atoms with Crippen molar-refractivity contribution in [2.24, 2.45) is 0 Å². The van der Waals surface area contributed by atoms with Gasteiger partial charge in [0.2, 0.25) is 11.9 Å². The van der Waals surface area contributed by atoms with Gasteiger partial charge in [-0.25, -0.2) is 19.6 Å². The number of halogens is 6. The number of amides is 2. The van der Waals surface area contributed by atoms with Gasteiger partial charge in [-0.05, 0) is 149 Å². The molecule has 6 heterocycles. The van der Waals surface area contributed by atoms with Gasteiger partial charge in [-0.1, -0.05) is 42.0 Å². The molecule has 8 rings (SSSR count). The average molecular weight is 944 g/mol. The number of alkyl halides is 3. The molecule has 4 aromatic rings. The standard InChI is InChI=1S/C23H24F4N2O2.C16H20BrFN2O2.C7H9BO2/c1-22(2,3)31-21(30)29-16-8-9-19(29)17(11-16)14-10-18(20(24)28-12-14)13-4-6-15(7-5-13)23(25,26)27;1-16(2,3)22-15(21)20-10-4-5-13(20)11(7-10)9-6-12(17)14(18)19-8-9;1-6-2-4-7(5-3-6)8(9)10/h4-7,10,12,16-17,19H,8-9,11H2,1-3H3;6,8,10-11,13H,4-5,7H2,1-3H3;2-5,9-10H,1H3. The molecule has 17 heteroatoms. The maximum Gasteiger partial charge on any atom is 0.488 e. The zero-order valence-corrected chi connectivity index (χ0v) is 37.9. The number of fused-ring (bicyclic) bond motifs is 4. The molecule has 2 N–H and O–H groups in total. The van der Waals surface area contributed by atoms with Crippen molar-refractivity contribution in [3.63, 3.8) is 0 Å². The van der Waals surface area contributed by atoms with Crippen LogP contribution in [0.15, 0.2) is 77.5 Å². The highest BCUT2D eigenvalue weighted by molar-refractivity contribution is 9.10. The first-order valence-electron chi connectivity index (χ1n) is 21.0. The lowest BCUT2D eigenvalue weighted by Crippen LogP contribution is -2.40. The molecule has 4 fully saturated rings. The molecule has 6 atom stereocenters. The van der Waals surface area contributed by atoms with Gasteiger partial charge < -0.3 is 29.3 Å². The number of carbonyl (C=O) groups excluding carboxylic acids is 2. The Morgan fingerprint density at radius 2 is 1.17 bits per heavy atom. The lowest BCUT2D eigenvalue weighted by Gasteiger charge is -2.28. The van der Waals surface area contributed by atoms with Gasteiger partial charge in [0.25, 0.3) is 0 Å². The lowest BCUT2D eigenvalue weighted by atomic mass is 9.80. The summed E-state index contributed by atoms with van der Waals surface area (Å²) in [7, 11) is -1.35. The molecule has 6 unspecified atom stereocenters. The first-order chi connectivity index (χ1) is 29.4. The van der Waals surface area contributed by atoms with E-state index < -0.39 is 42.0 Å². The molecule has 338 valence electrons. The normalized spacial score (nSPS) is 22.5. The Bertz CT molecular complexity index is 2250. The van der Waals surface area contributed by atoms with Gasteiger partial charge in [0.15, 0.2) is 0 Å². The van der Waals surface area contributed by atoms with E-state index in [1.807, 2.05) is 65.5 Å². The first kappa shape index (κ1) is 47.9. The summed E-state index contributed by atoms with van der Waals surface area (Å²) >= 11 is 3.19.